The van der Waals surface area contributed by atoms with Gasteiger partial charge in [0.1, 0.15) is 34.9 Å². The van der Waals surface area contributed by atoms with Crippen molar-refractivity contribution in [1.29, 1.82) is 15.8 Å². The number of aryl methyl sites for hydroxylation is 6. The molecular weight excluding hydrogens is 697 g/mol. The second kappa shape index (κ2) is 12.2. The summed E-state index contributed by atoms with van der Waals surface area (Å²) in [7, 11) is 0. The fraction of sp³-hybridized carbons (Fsp3) is 0.118. The fourth-order valence-corrected chi connectivity index (χ4v) is 9.18. The molecule has 0 aliphatic carbocycles. The van der Waals surface area contributed by atoms with Crippen molar-refractivity contribution in [1.82, 2.24) is 13.7 Å². The standard InChI is InChI=1S/C51H36N6/c1-28-7-13-43-34(19-28)35-20-29(2)8-14-44(35)55(43)49-40(25-52)50(56-45-15-9-30(3)21-36(45)37-22-31(4)10-16-46(37)56)42(27-54)51(41(49)26-53)57-47-17-11-32(5)23-38(47)39-24-33(6)12-18-48(39)57/h7-24H,1-6H3. The third-order valence-corrected chi connectivity index (χ3v) is 11.7. The summed E-state index contributed by atoms with van der Waals surface area (Å²) in [5.41, 5.74) is 14.0. The number of aromatic nitrogens is 3. The number of nitrogens with zero attached hydrogens (tertiary/aromatic N) is 6. The number of rotatable bonds is 3. The monoisotopic (exact) mass is 732 g/mol. The van der Waals surface area contributed by atoms with Gasteiger partial charge in [-0.2, -0.15) is 15.8 Å². The molecule has 6 heteroatoms. The molecule has 0 aliphatic rings. The minimum atomic E-state index is 0.249. The number of nitriles is 3. The van der Waals surface area contributed by atoms with Gasteiger partial charge in [0.2, 0.25) is 0 Å². The molecule has 3 heterocycles. The van der Waals surface area contributed by atoms with E-state index < -0.39 is 0 Å². The Morgan fingerprint density at radius 3 is 0.632 bits per heavy atom. The lowest BCUT2D eigenvalue weighted by molar-refractivity contribution is 1.06. The number of hydrogen-bond donors (Lipinski definition) is 0. The zero-order valence-electron chi connectivity index (χ0n) is 32.6. The molecule has 0 bridgehead atoms. The third kappa shape index (κ3) is 4.73. The van der Waals surface area contributed by atoms with Crippen LogP contribution >= 0.6 is 0 Å². The molecular formula is C51H36N6. The van der Waals surface area contributed by atoms with Crippen LogP contribution < -0.4 is 0 Å². The molecule has 10 aromatic rings. The molecule has 0 N–H and O–H groups in total. The molecule has 0 fully saturated rings. The highest BCUT2D eigenvalue weighted by Gasteiger charge is 2.32. The third-order valence-electron chi connectivity index (χ3n) is 11.7. The van der Waals surface area contributed by atoms with Crippen LogP contribution in [0.25, 0.3) is 82.5 Å². The molecule has 7 aromatic carbocycles. The van der Waals surface area contributed by atoms with Crippen LogP contribution in [-0.2, 0) is 0 Å². The van der Waals surface area contributed by atoms with E-state index in [2.05, 4.69) is 183 Å². The van der Waals surface area contributed by atoms with E-state index in [1.54, 1.807) is 0 Å². The molecule has 270 valence electrons. The molecule has 0 aliphatic heterocycles. The van der Waals surface area contributed by atoms with Crippen LogP contribution in [-0.4, -0.2) is 13.7 Å². The smallest absolute Gasteiger partial charge is 0.104 e. The SMILES string of the molecule is Cc1ccc2c(c1)c1cc(C)ccc1n2-c1c(C#N)c(-n2c3ccc(C)cc3c3cc(C)ccc32)c(C#N)c(-n2c3ccc(C)cc3c3cc(C)ccc32)c1C#N. The van der Waals surface area contributed by atoms with E-state index in [9.17, 15) is 15.8 Å². The maximum absolute atomic E-state index is 11.6. The van der Waals surface area contributed by atoms with Crippen LogP contribution in [0.15, 0.2) is 109 Å². The lowest BCUT2D eigenvalue weighted by Gasteiger charge is -2.23. The topological polar surface area (TPSA) is 86.2 Å². The Morgan fingerprint density at radius 2 is 0.474 bits per heavy atom. The fourth-order valence-electron chi connectivity index (χ4n) is 9.18. The van der Waals surface area contributed by atoms with Gasteiger partial charge in [0.25, 0.3) is 0 Å². The Morgan fingerprint density at radius 1 is 0.298 bits per heavy atom. The van der Waals surface area contributed by atoms with Crippen LogP contribution in [0.1, 0.15) is 50.1 Å². The molecule has 0 radical (unpaired) electrons. The molecule has 0 saturated heterocycles. The van der Waals surface area contributed by atoms with Crippen molar-refractivity contribution in [3.63, 3.8) is 0 Å². The molecule has 3 aromatic heterocycles. The summed E-state index contributed by atoms with van der Waals surface area (Å²) in [4.78, 5) is 0. The highest BCUT2D eigenvalue weighted by atomic mass is 15.1. The first-order valence-electron chi connectivity index (χ1n) is 19.1. The van der Waals surface area contributed by atoms with Gasteiger partial charge >= 0.3 is 0 Å². The van der Waals surface area contributed by atoms with Gasteiger partial charge in [-0.3, -0.25) is 0 Å². The highest BCUT2D eigenvalue weighted by molar-refractivity contribution is 6.14. The molecule has 0 amide bonds. The van der Waals surface area contributed by atoms with Gasteiger partial charge in [-0.25, -0.2) is 0 Å². The number of benzene rings is 7. The zero-order chi connectivity index (χ0) is 39.4. The molecule has 10 rings (SSSR count). The second-order valence-electron chi connectivity index (χ2n) is 15.6. The van der Waals surface area contributed by atoms with Crippen molar-refractivity contribution in [2.24, 2.45) is 0 Å². The number of hydrogen-bond acceptors (Lipinski definition) is 3. The second-order valence-corrected chi connectivity index (χ2v) is 15.6. The van der Waals surface area contributed by atoms with E-state index in [1.165, 1.54) is 0 Å². The molecule has 0 saturated carbocycles. The van der Waals surface area contributed by atoms with Crippen molar-refractivity contribution >= 4 is 65.4 Å². The van der Waals surface area contributed by atoms with Crippen molar-refractivity contribution in [3.8, 4) is 35.3 Å². The minimum Gasteiger partial charge on any atom is -0.306 e. The van der Waals surface area contributed by atoms with Crippen LogP contribution in [0.4, 0.5) is 0 Å². The lowest BCUT2D eigenvalue weighted by Crippen LogP contribution is -2.14. The largest absolute Gasteiger partial charge is 0.306 e. The van der Waals surface area contributed by atoms with Crippen molar-refractivity contribution in [3.05, 3.63) is 159 Å². The van der Waals surface area contributed by atoms with Gasteiger partial charge in [0.05, 0.1) is 50.2 Å². The maximum Gasteiger partial charge on any atom is 0.104 e. The maximum atomic E-state index is 11.6. The summed E-state index contributed by atoms with van der Waals surface area (Å²) < 4.78 is 6.25. The Labute approximate surface area is 329 Å². The minimum absolute atomic E-state index is 0.249. The van der Waals surface area contributed by atoms with Gasteiger partial charge < -0.3 is 13.7 Å². The normalized spacial score (nSPS) is 11.6. The van der Waals surface area contributed by atoms with Crippen molar-refractivity contribution in [2.75, 3.05) is 0 Å². The van der Waals surface area contributed by atoms with Gasteiger partial charge in [0, 0.05) is 32.3 Å². The highest BCUT2D eigenvalue weighted by Crippen LogP contribution is 2.45. The summed E-state index contributed by atoms with van der Waals surface area (Å²) in [6, 6.07) is 45.8. The molecule has 0 unspecified atom stereocenters. The van der Waals surface area contributed by atoms with Crippen LogP contribution in [0, 0.1) is 75.5 Å². The first kappa shape index (κ1) is 33.9. The molecule has 6 nitrogen and oxygen atoms in total. The van der Waals surface area contributed by atoms with Crippen molar-refractivity contribution in [2.45, 2.75) is 41.5 Å². The summed E-state index contributed by atoms with van der Waals surface area (Å²) in [6.07, 6.45) is 0. The summed E-state index contributed by atoms with van der Waals surface area (Å²) in [5.74, 6) is 0. The van der Waals surface area contributed by atoms with E-state index in [-0.39, 0.29) is 16.7 Å². The van der Waals surface area contributed by atoms with E-state index in [1.807, 2.05) is 0 Å². The van der Waals surface area contributed by atoms with E-state index >= 15 is 0 Å². The lowest BCUT2D eigenvalue weighted by atomic mass is 9.96. The van der Waals surface area contributed by atoms with Gasteiger partial charge in [-0.05, 0) is 114 Å². The average molecular weight is 733 g/mol. The van der Waals surface area contributed by atoms with Gasteiger partial charge in [-0.1, -0.05) is 69.8 Å². The molecule has 0 atom stereocenters. The van der Waals surface area contributed by atoms with E-state index in [0.29, 0.717) is 17.1 Å². The van der Waals surface area contributed by atoms with Crippen LogP contribution in [0.2, 0.25) is 0 Å². The summed E-state index contributed by atoms with van der Waals surface area (Å²) >= 11 is 0. The summed E-state index contributed by atoms with van der Waals surface area (Å²) in [6.45, 7) is 12.5. The zero-order valence-corrected chi connectivity index (χ0v) is 32.6. The quantitative estimate of drug-likeness (QED) is 0.181. The molecule has 57 heavy (non-hydrogen) atoms. The first-order valence-corrected chi connectivity index (χ1v) is 19.1. The van der Waals surface area contributed by atoms with Gasteiger partial charge in [-0.15, -0.1) is 0 Å². The summed E-state index contributed by atoms with van der Waals surface area (Å²) in [5, 5.41) is 41.0. The Bertz CT molecular complexity index is 2990. The van der Waals surface area contributed by atoms with Crippen LogP contribution in [0.3, 0.4) is 0 Å². The Hall–Kier alpha value is -7.59. The number of fused-ring (bicyclic) bond motifs is 9. The van der Waals surface area contributed by atoms with E-state index in [0.717, 1.165) is 98.8 Å². The Balaban J connectivity index is 1.52. The van der Waals surface area contributed by atoms with E-state index in [4.69, 9.17) is 0 Å². The average Bonchev–Trinajstić information content (AvgIpc) is 3.80. The Kier molecular flexibility index (Phi) is 7.27. The predicted octanol–water partition coefficient (Wildman–Crippen LogP) is 12.4. The van der Waals surface area contributed by atoms with Gasteiger partial charge in [0.15, 0.2) is 0 Å². The predicted molar refractivity (Wildman–Crippen MR) is 232 cm³/mol. The first-order chi connectivity index (χ1) is 27.6. The molecule has 0 spiro atoms. The van der Waals surface area contributed by atoms with Crippen LogP contribution in [0.5, 0.6) is 0 Å². The van der Waals surface area contributed by atoms with Crippen molar-refractivity contribution < 1.29 is 0 Å².